The molecule has 0 spiro atoms. The van der Waals surface area contributed by atoms with Gasteiger partial charge in [0.1, 0.15) is 5.75 Å². The molecule has 2 aromatic rings. The zero-order chi connectivity index (χ0) is 17.1. The van der Waals surface area contributed by atoms with Gasteiger partial charge in [0, 0.05) is 24.3 Å². The number of hydrogen-bond donors (Lipinski definition) is 0. The smallest absolute Gasteiger partial charge is 0.225 e. The number of hydrogen-bond acceptors (Lipinski definition) is 6. The van der Waals surface area contributed by atoms with Crippen molar-refractivity contribution in [1.82, 2.24) is 10.2 Å². The topological polar surface area (TPSA) is 55.3 Å². The molecule has 0 unspecified atom stereocenters. The quantitative estimate of drug-likeness (QED) is 0.547. The van der Waals surface area contributed by atoms with Crippen LogP contribution in [0, 0.1) is 0 Å². The number of para-hydroxylation sites is 1. The predicted octanol–water partition coefficient (Wildman–Crippen LogP) is 4.13. The summed E-state index contributed by atoms with van der Waals surface area (Å²) in [7, 11) is 0. The summed E-state index contributed by atoms with van der Waals surface area (Å²) in [5, 5.41) is 9.14. The third-order valence-electron chi connectivity index (χ3n) is 3.54. The molecule has 0 N–H and O–H groups in total. The summed E-state index contributed by atoms with van der Waals surface area (Å²) in [6.07, 6.45) is 2.26. The molecule has 0 saturated heterocycles. The molecular weight excluding hydrogens is 342 g/mol. The Hall–Kier alpha value is -1.60. The number of aromatic nitrogens is 2. The van der Waals surface area contributed by atoms with Gasteiger partial charge >= 0.3 is 0 Å². The highest BCUT2D eigenvalue weighted by molar-refractivity contribution is 8.00. The first-order valence-corrected chi connectivity index (χ1v) is 9.85. The van der Waals surface area contributed by atoms with Crippen molar-refractivity contribution >= 4 is 34.1 Å². The van der Waals surface area contributed by atoms with Crippen LogP contribution in [0.25, 0.3) is 0 Å². The summed E-state index contributed by atoms with van der Waals surface area (Å²) < 4.78 is 6.72. The third kappa shape index (κ3) is 4.27. The Labute approximate surface area is 150 Å². The molecule has 0 aliphatic heterocycles. The second-order valence-electron chi connectivity index (χ2n) is 6.03. The maximum atomic E-state index is 11.8. The van der Waals surface area contributed by atoms with Gasteiger partial charge in [-0.1, -0.05) is 41.3 Å². The van der Waals surface area contributed by atoms with E-state index in [0.29, 0.717) is 11.2 Å². The summed E-state index contributed by atoms with van der Waals surface area (Å²) in [6.45, 7) is 5.64. The van der Waals surface area contributed by atoms with Crippen molar-refractivity contribution < 1.29 is 9.53 Å². The first-order valence-electron chi connectivity index (χ1n) is 8.05. The van der Waals surface area contributed by atoms with Crippen LogP contribution in [0.15, 0.2) is 28.6 Å². The van der Waals surface area contributed by atoms with Crippen LogP contribution < -0.4 is 9.64 Å². The minimum absolute atomic E-state index is 0.0425. The molecule has 1 fully saturated rings. The largest absolute Gasteiger partial charge is 0.491 e. The van der Waals surface area contributed by atoms with E-state index in [4.69, 9.17) is 4.74 Å². The number of rotatable bonds is 7. The molecule has 5 nitrogen and oxygen atoms in total. The summed E-state index contributed by atoms with van der Waals surface area (Å²) in [4.78, 5) is 13.6. The highest BCUT2D eigenvalue weighted by Crippen LogP contribution is 2.37. The zero-order valence-electron chi connectivity index (χ0n) is 14.1. The monoisotopic (exact) mass is 363 g/mol. The molecule has 24 heavy (non-hydrogen) atoms. The fraction of sp³-hybridized carbons (Fsp3) is 0.471. The summed E-state index contributed by atoms with van der Waals surface area (Å²) in [6, 6.07) is 8.37. The Kier molecular flexibility index (Phi) is 5.40. The lowest BCUT2D eigenvalue weighted by molar-refractivity contribution is -0.116. The molecule has 1 amide bonds. The van der Waals surface area contributed by atoms with E-state index in [9.17, 15) is 4.79 Å². The lowest BCUT2D eigenvalue weighted by Crippen LogP contribution is -2.30. The summed E-state index contributed by atoms with van der Waals surface area (Å²) in [5.41, 5.74) is 1.14. The molecule has 1 heterocycles. The second kappa shape index (κ2) is 7.53. The van der Waals surface area contributed by atoms with Crippen LogP contribution in [0.1, 0.15) is 39.2 Å². The van der Waals surface area contributed by atoms with E-state index < -0.39 is 0 Å². The molecule has 0 radical (unpaired) electrons. The van der Waals surface area contributed by atoms with Crippen molar-refractivity contribution in [3.05, 3.63) is 29.8 Å². The molecule has 1 saturated carbocycles. The Morgan fingerprint density at radius 1 is 1.38 bits per heavy atom. The first kappa shape index (κ1) is 17.2. The van der Waals surface area contributed by atoms with E-state index in [1.165, 1.54) is 11.3 Å². The molecule has 128 valence electrons. The van der Waals surface area contributed by atoms with Crippen molar-refractivity contribution in [3.63, 3.8) is 0 Å². The van der Waals surface area contributed by atoms with Gasteiger partial charge in [0.05, 0.1) is 6.10 Å². The summed E-state index contributed by atoms with van der Waals surface area (Å²) >= 11 is 3.11. The number of thioether (sulfide) groups is 1. The van der Waals surface area contributed by atoms with E-state index in [-0.39, 0.29) is 12.0 Å². The third-order valence-corrected chi connectivity index (χ3v) is 5.64. The zero-order valence-corrected chi connectivity index (χ0v) is 15.7. The Morgan fingerprint density at radius 3 is 2.79 bits per heavy atom. The van der Waals surface area contributed by atoms with E-state index in [1.54, 1.807) is 23.6 Å². The normalized spacial score (nSPS) is 14.0. The molecule has 0 atom stereocenters. The van der Waals surface area contributed by atoms with Crippen molar-refractivity contribution in [3.8, 4) is 5.75 Å². The van der Waals surface area contributed by atoms with Crippen LogP contribution in [-0.2, 0) is 10.5 Å². The number of benzene rings is 1. The SMILES string of the molecule is CC(=O)N(c1nnc(SCc2ccccc2OC(C)C)s1)C1CC1. The van der Waals surface area contributed by atoms with Crippen molar-refractivity contribution in [2.24, 2.45) is 0 Å². The summed E-state index contributed by atoms with van der Waals surface area (Å²) in [5.74, 6) is 1.72. The number of carbonyl (C=O) groups is 1. The fourth-order valence-electron chi connectivity index (χ4n) is 2.37. The Morgan fingerprint density at radius 2 is 2.12 bits per heavy atom. The number of ether oxygens (including phenoxy) is 1. The standard InChI is InChI=1S/C17H21N3O2S2/c1-11(2)22-15-7-5-4-6-13(15)10-23-17-19-18-16(24-17)20(12(3)21)14-8-9-14/h4-7,11,14H,8-10H2,1-3H3. The van der Waals surface area contributed by atoms with Crippen LogP contribution in [0.3, 0.4) is 0 Å². The molecule has 1 aromatic carbocycles. The number of carbonyl (C=O) groups excluding carboxylic acids is 1. The van der Waals surface area contributed by atoms with Crippen LogP contribution in [0.4, 0.5) is 5.13 Å². The molecule has 0 bridgehead atoms. The molecule has 1 aromatic heterocycles. The van der Waals surface area contributed by atoms with Crippen LogP contribution >= 0.6 is 23.1 Å². The molecular formula is C17H21N3O2S2. The van der Waals surface area contributed by atoms with Gasteiger partial charge in [-0.2, -0.15) is 0 Å². The van der Waals surface area contributed by atoms with Gasteiger partial charge < -0.3 is 4.74 Å². The highest BCUT2D eigenvalue weighted by atomic mass is 32.2. The van der Waals surface area contributed by atoms with Gasteiger partial charge in [-0.3, -0.25) is 9.69 Å². The van der Waals surface area contributed by atoms with Crippen LogP contribution in [0.2, 0.25) is 0 Å². The van der Waals surface area contributed by atoms with Crippen molar-refractivity contribution in [1.29, 1.82) is 0 Å². The molecule has 1 aliphatic rings. The van der Waals surface area contributed by atoms with Gasteiger partial charge in [-0.25, -0.2) is 0 Å². The minimum atomic E-state index is 0.0425. The maximum absolute atomic E-state index is 11.8. The predicted molar refractivity (Wildman–Crippen MR) is 97.9 cm³/mol. The van der Waals surface area contributed by atoms with Gasteiger partial charge in [0.15, 0.2) is 4.34 Å². The number of amides is 1. The fourth-order valence-corrected chi connectivity index (χ4v) is 4.32. The first-order chi connectivity index (χ1) is 11.5. The Balaban J connectivity index is 1.67. The lowest BCUT2D eigenvalue weighted by Gasteiger charge is -2.15. The van der Waals surface area contributed by atoms with Crippen molar-refractivity contribution in [2.45, 2.75) is 55.9 Å². The van der Waals surface area contributed by atoms with E-state index >= 15 is 0 Å². The Bertz CT molecular complexity index is 713. The number of anilines is 1. The van der Waals surface area contributed by atoms with Gasteiger partial charge in [0.25, 0.3) is 0 Å². The molecule has 7 heteroatoms. The average molecular weight is 364 g/mol. The lowest BCUT2D eigenvalue weighted by atomic mass is 10.2. The van der Waals surface area contributed by atoms with Crippen LogP contribution in [-0.4, -0.2) is 28.3 Å². The van der Waals surface area contributed by atoms with Gasteiger partial charge in [-0.15, -0.1) is 10.2 Å². The van der Waals surface area contributed by atoms with Crippen LogP contribution in [0.5, 0.6) is 5.75 Å². The number of nitrogens with zero attached hydrogens (tertiary/aromatic N) is 3. The van der Waals surface area contributed by atoms with Crippen molar-refractivity contribution in [2.75, 3.05) is 4.90 Å². The maximum Gasteiger partial charge on any atom is 0.225 e. The van der Waals surface area contributed by atoms with E-state index in [2.05, 4.69) is 16.3 Å². The van der Waals surface area contributed by atoms with Gasteiger partial charge in [-0.05, 0) is 32.8 Å². The highest BCUT2D eigenvalue weighted by Gasteiger charge is 2.34. The van der Waals surface area contributed by atoms with Gasteiger partial charge in [0.2, 0.25) is 11.0 Å². The minimum Gasteiger partial charge on any atom is -0.491 e. The molecule has 3 rings (SSSR count). The van der Waals surface area contributed by atoms with E-state index in [0.717, 1.165) is 34.2 Å². The molecule has 1 aliphatic carbocycles. The second-order valence-corrected chi connectivity index (χ2v) is 8.21. The average Bonchev–Trinajstić information content (AvgIpc) is 3.24. The van der Waals surface area contributed by atoms with E-state index in [1.807, 2.05) is 32.0 Å².